The van der Waals surface area contributed by atoms with Crippen LogP contribution in [-0.2, 0) is 18.8 Å². The molecular weight excluding hydrogens is 386 g/mol. The second kappa shape index (κ2) is 16.5. The first-order valence-corrected chi connectivity index (χ1v) is 11.1. The highest BCUT2D eigenvalue weighted by molar-refractivity contribution is 7.39. The fraction of sp³-hybridized carbons (Fsp3) is 1.00. The van der Waals surface area contributed by atoms with E-state index in [1.165, 1.54) is 19.3 Å². The molecule has 0 saturated carbocycles. The van der Waals surface area contributed by atoms with Crippen molar-refractivity contribution >= 4 is 17.2 Å². The largest absolute Gasteiger partial charge is 0.396 e. The monoisotopic (exact) mass is 420 g/mol. The minimum atomic E-state index is -2.62. The van der Waals surface area contributed by atoms with Gasteiger partial charge in [-0.2, -0.15) is 0 Å². The smallest absolute Gasteiger partial charge is 0.327 e. The Labute approximate surface area is 158 Å². The first-order valence-electron chi connectivity index (χ1n) is 8.78. The summed E-state index contributed by atoms with van der Waals surface area (Å²) >= 11 is 0. The molecule has 9 nitrogen and oxygen atoms in total. The van der Waals surface area contributed by atoms with Crippen LogP contribution < -0.4 is 0 Å². The van der Waals surface area contributed by atoms with Crippen molar-refractivity contribution in [2.75, 3.05) is 33.0 Å². The molecule has 0 spiro atoms. The summed E-state index contributed by atoms with van der Waals surface area (Å²) in [5, 5.41) is 9.56. The second-order valence-corrected chi connectivity index (χ2v) is 8.27. The molecule has 0 aliphatic heterocycles. The maximum atomic E-state index is 9.56. The predicted octanol–water partition coefficient (Wildman–Crippen LogP) is 2.37. The van der Waals surface area contributed by atoms with E-state index in [1.54, 1.807) is 0 Å². The van der Waals surface area contributed by atoms with Crippen molar-refractivity contribution in [2.24, 2.45) is 11.3 Å². The fourth-order valence-electron chi connectivity index (χ4n) is 2.12. The van der Waals surface area contributed by atoms with Crippen LogP contribution in [0.3, 0.4) is 0 Å². The third-order valence-corrected chi connectivity index (χ3v) is 4.49. The van der Waals surface area contributed by atoms with Crippen LogP contribution in [0.15, 0.2) is 0 Å². The van der Waals surface area contributed by atoms with Gasteiger partial charge in [0.15, 0.2) is 0 Å². The number of hydrogen-bond donors (Lipinski definition) is 5. The van der Waals surface area contributed by atoms with Gasteiger partial charge in [0, 0.05) is 0 Å². The van der Waals surface area contributed by atoms with E-state index in [4.69, 9.17) is 38.4 Å². The summed E-state index contributed by atoms with van der Waals surface area (Å²) in [5.41, 5.74) is -1.20. The van der Waals surface area contributed by atoms with E-state index < -0.39 is 29.2 Å². The molecule has 0 fully saturated rings. The number of aliphatic hydroxyl groups is 1. The van der Waals surface area contributed by atoms with Gasteiger partial charge in [-0.15, -0.1) is 0 Å². The maximum absolute atomic E-state index is 9.56. The third-order valence-electron chi connectivity index (χ3n) is 3.77. The Morgan fingerprint density at radius 3 is 1.81 bits per heavy atom. The van der Waals surface area contributed by atoms with E-state index in [1.807, 2.05) is 0 Å². The van der Waals surface area contributed by atoms with Gasteiger partial charge >= 0.3 is 17.2 Å². The average Bonchev–Trinajstić information content (AvgIpc) is 2.58. The summed E-state index contributed by atoms with van der Waals surface area (Å²) in [6.45, 7) is 3.58. The Morgan fingerprint density at radius 1 is 0.769 bits per heavy atom. The minimum Gasteiger partial charge on any atom is -0.396 e. The van der Waals surface area contributed by atoms with Crippen molar-refractivity contribution in [3.63, 3.8) is 0 Å². The van der Waals surface area contributed by atoms with E-state index in [2.05, 4.69) is 13.8 Å². The summed E-state index contributed by atoms with van der Waals surface area (Å²) in [5.74, 6) is 0.743. The van der Waals surface area contributed by atoms with Crippen molar-refractivity contribution in [1.82, 2.24) is 0 Å². The molecule has 11 heteroatoms. The van der Waals surface area contributed by atoms with Crippen LogP contribution in [0, 0.1) is 11.3 Å². The van der Waals surface area contributed by atoms with Crippen LogP contribution in [0.1, 0.15) is 52.4 Å². The predicted molar refractivity (Wildman–Crippen MR) is 98.6 cm³/mol. The standard InChI is InChI=1S/C15H34O9P2/c1-14(2)8-6-4-3-5-7-9-21-22-11-15(10-16,12-23-25(17)18)13-24-26(19)20/h14,16-20H,3-13H2,1-2H3. The molecule has 26 heavy (non-hydrogen) atoms. The summed E-state index contributed by atoms with van der Waals surface area (Å²) in [7, 11) is -5.23. The molecule has 0 bridgehead atoms. The highest BCUT2D eigenvalue weighted by Gasteiger charge is 2.34. The molecule has 0 heterocycles. The topological polar surface area (TPSA) is 138 Å². The lowest BCUT2D eigenvalue weighted by atomic mass is 9.93. The molecule has 0 unspecified atom stereocenters. The van der Waals surface area contributed by atoms with Gasteiger partial charge in [-0.25, -0.2) is 9.78 Å². The zero-order chi connectivity index (χ0) is 19.8. The average molecular weight is 420 g/mol. The summed E-state index contributed by atoms with van der Waals surface area (Å²) < 4.78 is 9.45. The van der Waals surface area contributed by atoms with Crippen molar-refractivity contribution < 1.29 is 43.5 Å². The Kier molecular flexibility index (Phi) is 16.8. The molecule has 5 N–H and O–H groups in total. The number of rotatable bonds is 18. The van der Waals surface area contributed by atoms with Crippen LogP contribution in [0.2, 0.25) is 0 Å². The first kappa shape index (κ1) is 26.5. The van der Waals surface area contributed by atoms with E-state index in [9.17, 15) is 5.11 Å². The SMILES string of the molecule is CC(C)CCCCCCCOOCC(CO)(COP(O)O)COP(O)O. The van der Waals surface area contributed by atoms with E-state index >= 15 is 0 Å². The molecule has 0 aromatic carbocycles. The molecule has 0 radical (unpaired) electrons. The summed E-state index contributed by atoms with van der Waals surface area (Å²) in [6, 6.07) is 0. The van der Waals surface area contributed by atoms with Crippen molar-refractivity contribution in [3.05, 3.63) is 0 Å². The van der Waals surface area contributed by atoms with Gasteiger partial charge in [0.25, 0.3) is 0 Å². The molecule has 158 valence electrons. The second-order valence-electron chi connectivity index (χ2n) is 6.74. The van der Waals surface area contributed by atoms with Gasteiger partial charge in [0.1, 0.15) is 0 Å². The molecule has 0 aliphatic rings. The Hall–Kier alpha value is 0.500. The lowest BCUT2D eigenvalue weighted by Gasteiger charge is -2.30. The maximum Gasteiger partial charge on any atom is 0.327 e. The molecule has 0 aromatic heterocycles. The van der Waals surface area contributed by atoms with Gasteiger partial charge in [-0.3, -0.25) is 0 Å². The van der Waals surface area contributed by atoms with E-state index in [-0.39, 0.29) is 19.8 Å². The van der Waals surface area contributed by atoms with Crippen molar-refractivity contribution in [1.29, 1.82) is 0 Å². The van der Waals surface area contributed by atoms with Gasteiger partial charge < -0.3 is 33.7 Å². The van der Waals surface area contributed by atoms with Gasteiger partial charge in [0.2, 0.25) is 0 Å². The molecule has 0 aliphatic carbocycles. The van der Waals surface area contributed by atoms with Gasteiger partial charge in [-0.1, -0.05) is 46.0 Å². The number of hydrogen-bond acceptors (Lipinski definition) is 9. The number of aliphatic hydroxyl groups excluding tert-OH is 1. The van der Waals surface area contributed by atoms with Crippen LogP contribution in [0.4, 0.5) is 0 Å². The quantitative estimate of drug-likeness (QED) is 0.0979. The third kappa shape index (κ3) is 15.5. The minimum absolute atomic E-state index is 0.162. The highest BCUT2D eigenvalue weighted by Crippen LogP contribution is 2.33. The van der Waals surface area contributed by atoms with E-state index in [0.29, 0.717) is 6.61 Å². The van der Waals surface area contributed by atoms with Crippen LogP contribution >= 0.6 is 17.2 Å². The lowest BCUT2D eigenvalue weighted by Crippen LogP contribution is -2.40. The van der Waals surface area contributed by atoms with Gasteiger partial charge in [-0.05, 0) is 12.3 Å². The van der Waals surface area contributed by atoms with Crippen LogP contribution in [0.25, 0.3) is 0 Å². The molecule has 0 atom stereocenters. The van der Waals surface area contributed by atoms with Crippen molar-refractivity contribution in [3.8, 4) is 0 Å². The summed E-state index contributed by atoms with van der Waals surface area (Å²) in [4.78, 5) is 45.6. The lowest BCUT2D eigenvalue weighted by molar-refractivity contribution is -0.315. The van der Waals surface area contributed by atoms with Crippen LogP contribution in [0.5, 0.6) is 0 Å². The Bertz CT molecular complexity index is 307. The normalized spacial score (nSPS) is 12.7. The molecule has 0 rings (SSSR count). The zero-order valence-electron chi connectivity index (χ0n) is 15.6. The van der Waals surface area contributed by atoms with Crippen molar-refractivity contribution in [2.45, 2.75) is 52.4 Å². The zero-order valence-corrected chi connectivity index (χ0v) is 17.4. The molecular formula is C15H34O9P2. The van der Waals surface area contributed by atoms with Crippen LogP contribution in [-0.4, -0.2) is 57.7 Å². The Balaban J connectivity index is 3.97. The molecule has 0 aromatic rings. The molecule has 0 saturated heterocycles. The van der Waals surface area contributed by atoms with E-state index in [0.717, 1.165) is 25.2 Å². The number of unbranched alkanes of at least 4 members (excludes halogenated alkanes) is 4. The summed E-state index contributed by atoms with van der Waals surface area (Å²) in [6.07, 6.45) is 6.73. The first-order chi connectivity index (χ1) is 12.3. The highest BCUT2D eigenvalue weighted by atomic mass is 31.2. The van der Waals surface area contributed by atoms with Gasteiger partial charge in [0.05, 0.1) is 38.4 Å². The Morgan fingerprint density at radius 2 is 1.31 bits per heavy atom. The molecule has 0 amide bonds. The fourth-order valence-corrected chi connectivity index (χ4v) is 2.90.